The summed E-state index contributed by atoms with van der Waals surface area (Å²) in [4.78, 5) is 10.7. The van der Waals surface area contributed by atoms with Gasteiger partial charge in [0.1, 0.15) is 5.82 Å². The Labute approximate surface area is 127 Å². The summed E-state index contributed by atoms with van der Waals surface area (Å²) in [5.74, 6) is 0.120. The highest BCUT2D eigenvalue weighted by molar-refractivity contribution is 7.99. The van der Waals surface area contributed by atoms with Gasteiger partial charge in [-0.1, -0.05) is 41.6 Å². The third-order valence-electron chi connectivity index (χ3n) is 3.45. The average molecular weight is 303 g/mol. The predicted molar refractivity (Wildman–Crippen MR) is 80.6 cm³/mol. The molecule has 1 saturated carbocycles. The Morgan fingerprint density at radius 2 is 2.05 bits per heavy atom. The van der Waals surface area contributed by atoms with Gasteiger partial charge in [0.15, 0.2) is 5.16 Å². The monoisotopic (exact) mass is 303 g/mol. The van der Waals surface area contributed by atoms with Gasteiger partial charge < -0.3 is 9.67 Å². The number of carbonyl (C=O) groups is 1. The first kappa shape index (κ1) is 14.1. The Morgan fingerprint density at radius 1 is 1.33 bits per heavy atom. The number of hydrogen-bond acceptors (Lipinski definition) is 4. The zero-order valence-electron chi connectivity index (χ0n) is 11.8. The van der Waals surface area contributed by atoms with E-state index in [9.17, 15) is 4.79 Å². The maximum absolute atomic E-state index is 10.7. The van der Waals surface area contributed by atoms with Gasteiger partial charge in [-0.05, 0) is 25.3 Å². The van der Waals surface area contributed by atoms with E-state index in [2.05, 4.69) is 46.0 Å². The highest BCUT2D eigenvalue weighted by Gasteiger charge is 2.29. The van der Waals surface area contributed by atoms with Gasteiger partial charge in [0.25, 0.3) is 0 Å². The Kier molecular flexibility index (Phi) is 3.96. The zero-order valence-corrected chi connectivity index (χ0v) is 12.6. The minimum atomic E-state index is -0.828. The number of carboxylic acids is 1. The van der Waals surface area contributed by atoms with Crippen LogP contribution >= 0.6 is 11.8 Å². The molecule has 0 saturated heterocycles. The largest absolute Gasteiger partial charge is 0.481 e. The van der Waals surface area contributed by atoms with E-state index in [0.717, 1.165) is 30.2 Å². The van der Waals surface area contributed by atoms with Crippen LogP contribution in [0.25, 0.3) is 0 Å². The lowest BCUT2D eigenvalue weighted by molar-refractivity contribution is -0.133. The van der Waals surface area contributed by atoms with Crippen molar-refractivity contribution in [2.24, 2.45) is 0 Å². The summed E-state index contributed by atoms with van der Waals surface area (Å²) in [7, 11) is 0. The van der Waals surface area contributed by atoms with E-state index in [4.69, 9.17) is 5.11 Å². The fraction of sp³-hybridized carbons (Fsp3) is 0.400. The van der Waals surface area contributed by atoms with E-state index in [1.165, 1.54) is 22.9 Å². The lowest BCUT2D eigenvalue weighted by atomic mass is 10.1. The second-order valence-electron chi connectivity index (χ2n) is 5.34. The molecule has 0 radical (unpaired) electrons. The fourth-order valence-corrected chi connectivity index (χ4v) is 2.99. The van der Waals surface area contributed by atoms with Gasteiger partial charge >= 0.3 is 5.97 Å². The molecule has 110 valence electrons. The van der Waals surface area contributed by atoms with Crippen LogP contribution in [0.4, 0.5) is 0 Å². The minimum Gasteiger partial charge on any atom is -0.481 e. The standard InChI is InChI=1S/C15H17N3O2S/c1-10-2-4-11(5-3-10)8-13-16-17-15(21-9-14(19)20)18(13)12-6-7-12/h2-5,12H,6-9H2,1H3,(H,19,20). The summed E-state index contributed by atoms with van der Waals surface area (Å²) < 4.78 is 2.12. The molecule has 1 aliphatic carbocycles. The fourth-order valence-electron chi connectivity index (χ4n) is 2.24. The Hall–Kier alpha value is -1.82. The lowest BCUT2D eigenvalue weighted by Crippen LogP contribution is -2.06. The summed E-state index contributed by atoms with van der Waals surface area (Å²) in [5.41, 5.74) is 2.43. The quantitative estimate of drug-likeness (QED) is 0.831. The molecule has 0 atom stereocenters. The molecule has 0 unspecified atom stereocenters. The first-order valence-electron chi connectivity index (χ1n) is 6.97. The van der Waals surface area contributed by atoms with Crippen LogP contribution in [0.3, 0.4) is 0 Å². The van der Waals surface area contributed by atoms with Crippen LogP contribution in [0.2, 0.25) is 0 Å². The van der Waals surface area contributed by atoms with Gasteiger partial charge in [-0.3, -0.25) is 4.79 Å². The van der Waals surface area contributed by atoms with Crippen LogP contribution in [-0.4, -0.2) is 31.6 Å². The summed E-state index contributed by atoms with van der Waals surface area (Å²) in [5, 5.41) is 18.0. The van der Waals surface area contributed by atoms with Crippen LogP contribution < -0.4 is 0 Å². The van der Waals surface area contributed by atoms with Crippen molar-refractivity contribution in [1.29, 1.82) is 0 Å². The van der Waals surface area contributed by atoms with E-state index in [1.807, 2.05) is 0 Å². The predicted octanol–water partition coefficient (Wildman–Crippen LogP) is 2.69. The molecule has 1 aliphatic rings. The number of benzene rings is 1. The van der Waals surface area contributed by atoms with E-state index in [-0.39, 0.29) is 5.75 Å². The van der Waals surface area contributed by atoms with Crippen LogP contribution in [0.1, 0.15) is 35.8 Å². The first-order valence-corrected chi connectivity index (χ1v) is 7.96. The number of rotatable bonds is 6. The van der Waals surface area contributed by atoms with Crippen LogP contribution in [0.5, 0.6) is 0 Å². The SMILES string of the molecule is Cc1ccc(Cc2nnc(SCC(=O)O)n2C2CC2)cc1. The lowest BCUT2D eigenvalue weighted by Gasteiger charge is -2.08. The van der Waals surface area contributed by atoms with Crippen LogP contribution in [0, 0.1) is 6.92 Å². The molecular weight excluding hydrogens is 286 g/mol. The van der Waals surface area contributed by atoms with E-state index in [0.29, 0.717) is 6.04 Å². The molecule has 1 heterocycles. The van der Waals surface area contributed by atoms with Crippen molar-refractivity contribution in [2.45, 2.75) is 37.4 Å². The van der Waals surface area contributed by atoms with Crippen molar-refractivity contribution in [3.05, 3.63) is 41.2 Å². The number of nitrogens with zero attached hydrogens (tertiary/aromatic N) is 3. The third-order valence-corrected chi connectivity index (χ3v) is 4.38. The number of carboxylic acid groups (broad SMARTS) is 1. The topological polar surface area (TPSA) is 68.0 Å². The van der Waals surface area contributed by atoms with Crippen molar-refractivity contribution in [1.82, 2.24) is 14.8 Å². The van der Waals surface area contributed by atoms with Crippen LogP contribution in [-0.2, 0) is 11.2 Å². The molecule has 0 aliphatic heterocycles. The molecule has 21 heavy (non-hydrogen) atoms. The smallest absolute Gasteiger partial charge is 0.313 e. The van der Waals surface area contributed by atoms with Gasteiger partial charge in [0, 0.05) is 12.5 Å². The molecule has 0 amide bonds. The Balaban J connectivity index is 1.81. The molecule has 3 rings (SSSR count). The molecule has 1 fully saturated rings. The molecular formula is C15H17N3O2S. The number of aryl methyl sites for hydroxylation is 1. The maximum Gasteiger partial charge on any atom is 0.313 e. The molecule has 1 aromatic heterocycles. The summed E-state index contributed by atoms with van der Waals surface area (Å²) in [6.45, 7) is 2.07. The number of thioether (sulfide) groups is 1. The van der Waals surface area contributed by atoms with Crippen molar-refractivity contribution in [3.8, 4) is 0 Å². The van der Waals surface area contributed by atoms with E-state index >= 15 is 0 Å². The van der Waals surface area contributed by atoms with E-state index < -0.39 is 5.97 Å². The molecule has 6 heteroatoms. The highest BCUT2D eigenvalue weighted by Crippen LogP contribution is 2.39. The van der Waals surface area contributed by atoms with Gasteiger partial charge in [-0.15, -0.1) is 10.2 Å². The van der Waals surface area contributed by atoms with E-state index in [1.54, 1.807) is 0 Å². The maximum atomic E-state index is 10.7. The molecule has 0 spiro atoms. The molecule has 2 aromatic rings. The number of aromatic nitrogens is 3. The zero-order chi connectivity index (χ0) is 14.8. The average Bonchev–Trinajstić information content (AvgIpc) is 3.21. The van der Waals surface area contributed by atoms with Crippen LogP contribution in [0.15, 0.2) is 29.4 Å². The Morgan fingerprint density at radius 3 is 2.67 bits per heavy atom. The number of hydrogen-bond donors (Lipinski definition) is 1. The highest BCUT2D eigenvalue weighted by atomic mass is 32.2. The second kappa shape index (κ2) is 5.89. The summed E-state index contributed by atoms with van der Waals surface area (Å²) >= 11 is 1.25. The molecule has 0 bridgehead atoms. The van der Waals surface area contributed by atoms with Gasteiger partial charge in [-0.25, -0.2) is 0 Å². The third kappa shape index (κ3) is 3.44. The molecule has 1 aromatic carbocycles. The summed E-state index contributed by atoms with van der Waals surface area (Å²) in [6.07, 6.45) is 2.98. The van der Waals surface area contributed by atoms with Gasteiger partial charge in [0.05, 0.1) is 5.75 Å². The minimum absolute atomic E-state index is 0.0232. The van der Waals surface area contributed by atoms with Crippen molar-refractivity contribution in [2.75, 3.05) is 5.75 Å². The summed E-state index contributed by atoms with van der Waals surface area (Å²) in [6, 6.07) is 8.83. The Bertz CT molecular complexity index is 647. The van der Waals surface area contributed by atoms with Crippen molar-refractivity contribution in [3.63, 3.8) is 0 Å². The number of aliphatic carboxylic acids is 1. The van der Waals surface area contributed by atoms with Crippen molar-refractivity contribution < 1.29 is 9.90 Å². The first-order chi connectivity index (χ1) is 10.1. The van der Waals surface area contributed by atoms with Crippen molar-refractivity contribution >= 4 is 17.7 Å². The molecule has 1 N–H and O–H groups in total. The van der Waals surface area contributed by atoms with Gasteiger partial charge in [-0.2, -0.15) is 0 Å². The normalized spacial score (nSPS) is 14.3. The second-order valence-corrected chi connectivity index (χ2v) is 6.29. The van der Waals surface area contributed by atoms with Gasteiger partial charge in [0.2, 0.25) is 0 Å². The molecule has 5 nitrogen and oxygen atoms in total.